The summed E-state index contributed by atoms with van der Waals surface area (Å²) in [5, 5.41) is 12.7. The van der Waals surface area contributed by atoms with Gasteiger partial charge < -0.3 is 24.4 Å². The monoisotopic (exact) mass is 647 g/mol. The molecule has 3 aliphatic heterocycles. The van der Waals surface area contributed by atoms with Crippen LogP contribution < -0.4 is 9.64 Å². The summed E-state index contributed by atoms with van der Waals surface area (Å²) < 4.78 is 28.8. The van der Waals surface area contributed by atoms with Crippen molar-refractivity contribution in [1.82, 2.24) is 19.8 Å². The molecule has 3 saturated heterocycles. The van der Waals surface area contributed by atoms with Gasteiger partial charge in [0.2, 0.25) is 0 Å². The zero-order chi connectivity index (χ0) is 32.3. The van der Waals surface area contributed by atoms with Gasteiger partial charge in [0.1, 0.15) is 29.3 Å². The third-order valence-corrected chi connectivity index (χ3v) is 9.72. The van der Waals surface area contributed by atoms with Crippen molar-refractivity contribution in [3.05, 3.63) is 53.3 Å². The maximum atomic E-state index is 16.9. The summed E-state index contributed by atoms with van der Waals surface area (Å²) in [6.07, 6.45) is 3.46. The molecule has 2 bridgehead atoms. The number of anilines is 1. The first kappa shape index (κ1) is 30.7. The van der Waals surface area contributed by atoms with Gasteiger partial charge in [-0.25, -0.2) is 9.18 Å². The first-order valence-corrected chi connectivity index (χ1v) is 16.4. The third kappa shape index (κ3) is 5.66. The molecule has 0 saturated carbocycles. The number of benzene rings is 3. The standard InChI is InChI=1S/C35H39ClFN5O4/c1-35(2,3)46-34(44)42-21-11-12-22(42)18-41(17-21)32-27-16-28(36)29(26-15-24(43)14-20-8-5-6-10-25(20)26)30(37)31(27)38-33(39-32)45-19-23-9-7-13-40(23)4/h5-6,8,10,14-16,21-23,43H,7,9,11-13,17-19H2,1-4H3. The van der Waals surface area contributed by atoms with E-state index in [1.807, 2.05) is 49.9 Å². The van der Waals surface area contributed by atoms with Gasteiger partial charge in [-0.05, 0) is 94.6 Å². The van der Waals surface area contributed by atoms with Crippen LogP contribution in [-0.2, 0) is 4.74 Å². The predicted octanol–water partition coefficient (Wildman–Crippen LogP) is 7.01. The van der Waals surface area contributed by atoms with E-state index in [0.717, 1.165) is 43.0 Å². The summed E-state index contributed by atoms with van der Waals surface area (Å²) >= 11 is 6.90. The van der Waals surface area contributed by atoms with Gasteiger partial charge >= 0.3 is 12.1 Å². The lowest BCUT2D eigenvalue weighted by Gasteiger charge is -2.42. The Labute approximate surface area is 272 Å². The van der Waals surface area contributed by atoms with Crippen molar-refractivity contribution in [2.75, 3.05) is 38.2 Å². The second-order valence-corrected chi connectivity index (χ2v) is 14.2. The number of aromatic hydroxyl groups is 1. The molecule has 1 aromatic heterocycles. The molecule has 1 amide bonds. The van der Waals surface area contributed by atoms with Gasteiger partial charge in [0, 0.05) is 30.1 Å². The maximum absolute atomic E-state index is 16.9. The van der Waals surface area contributed by atoms with Crippen molar-refractivity contribution in [2.24, 2.45) is 0 Å². The van der Waals surface area contributed by atoms with E-state index in [9.17, 15) is 9.90 Å². The van der Waals surface area contributed by atoms with Crippen LogP contribution in [0.25, 0.3) is 32.8 Å². The summed E-state index contributed by atoms with van der Waals surface area (Å²) in [6, 6.07) is 12.5. The fraction of sp³-hybridized carbons (Fsp3) is 0.457. The molecule has 242 valence electrons. The van der Waals surface area contributed by atoms with Crippen LogP contribution in [0.1, 0.15) is 46.5 Å². The molecule has 4 heterocycles. The number of amides is 1. The molecule has 46 heavy (non-hydrogen) atoms. The van der Waals surface area contributed by atoms with Crippen LogP contribution in [0.4, 0.5) is 15.0 Å². The number of hydrogen-bond donors (Lipinski definition) is 1. The third-order valence-electron chi connectivity index (χ3n) is 9.42. The lowest BCUT2D eigenvalue weighted by molar-refractivity contribution is 0.0122. The molecule has 3 aliphatic rings. The fourth-order valence-electron chi connectivity index (χ4n) is 7.26. The zero-order valence-electron chi connectivity index (χ0n) is 26.6. The molecular formula is C35H39ClFN5O4. The van der Waals surface area contributed by atoms with E-state index < -0.39 is 11.4 Å². The van der Waals surface area contributed by atoms with Gasteiger partial charge in [-0.1, -0.05) is 35.9 Å². The summed E-state index contributed by atoms with van der Waals surface area (Å²) in [6.45, 7) is 8.00. The first-order valence-electron chi connectivity index (χ1n) is 16.0. The lowest BCUT2D eigenvalue weighted by Crippen LogP contribution is -2.57. The second-order valence-electron chi connectivity index (χ2n) is 13.8. The van der Waals surface area contributed by atoms with Gasteiger partial charge in [-0.3, -0.25) is 4.90 Å². The van der Waals surface area contributed by atoms with E-state index >= 15 is 4.39 Å². The number of ether oxygens (including phenoxy) is 2. The van der Waals surface area contributed by atoms with Gasteiger partial charge in [0.25, 0.3) is 0 Å². The summed E-state index contributed by atoms with van der Waals surface area (Å²) in [5.74, 6) is -0.0792. The van der Waals surface area contributed by atoms with E-state index in [1.165, 1.54) is 6.07 Å². The van der Waals surface area contributed by atoms with E-state index in [-0.39, 0.29) is 52.1 Å². The highest BCUT2D eigenvalue weighted by Crippen LogP contribution is 2.43. The highest BCUT2D eigenvalue weighted by atomic mass is 35.5. The average molecular weight is 648 g/mol. The van der Waals surface area contributed by atoms with Gasteiger partial charge in [0.15, 0.2) is 5.82 Å². The Hall–Kier alpha value is -3.89. The number of likely N-dealkylation sites (N-methyl/N-ethyl adjacent to an activating group) is 1. The van der Waals surface area contributed by atoms with Crippen molar-refractivity contribution in [3.8, 4) is 22.9 Å². The zero-order valence-corrected chi connectivity index (χ0v) is 27.4. The first-order chi connectivity index (χ1) is 22.0. The fourth-order valence-corrected chi connectivity index (χ4v) is 7.56. The number of halogens is 2. The smallest absolute Gasteiger partial charge is 0.410 e. The Morgan fingerprint density at radius 1 is 1.07 bits per heavy atom. The Morgan fingerprint density at radius 2 is 1.80 bits per heavy atom. The minimum Gasteiger partial charge on any atom is -0.508 e. The largest absolute Gasteiger partial charge is 0.508 e. The molecule has 3 unspecified atom stereocenters. The number of phenolic OH excluding ortho intramolecular Hbond substituents is 1. The number of carbonyl (C=O) groups is 1. The number of hydrogen-bond acceptors (Lipinski definition) is 8. The number of piperazine rings is 1. The Bertz CT molecular complexity index is 1820. The van der Waals surface area contributed by atoms with Crippen LogP contribution in [0.5, 0.6) is 11.8 Å². The molecule has 3 fully saturated rings. The molecule has 3 aromatic carbocycles. The van der Waals surface area contributed by atoms with Gasteiger partial charge in [-0.2, -0.15) is 9.97 Å². The summed E-state index contributed by atoms with van der Waals surface area (Å²) in [7, 11) is 2.07. The summed E-state index contributed by atoms with van der Waals surface area (Å²) in [5.41, 5.74) is 0.123. The lowest BCUT2D eigenvalue weighted by atomic mass is 9.96. The Morgan fingerprint density at radius 3 is 2.50 bits per heavy atom. The topological polar surface area (TPSA) is 91.3 Å². The van der Waals surface area contributed by atoms with Crippen LogP contribution in [0.3, 0.4) is 0 Å². The molecule has 0 aliphatic carbocycles. The number of phenols is 1. The predicted molar refractivity (Wildman–Crippen MR) is 177 cm³/mol. The number of fused-ring (bicyclic) bond motifs is 4. The van der Waals surface area contributed by atoms with E-state index in [1.54, 1.807) is 12.1 Å². The molecule has 4 aromatic rings. The van der Waals surface area contributed by atoms with Crippen LogP contribution in [0.15, 0.2) is 42.5 Å². The molecule has 3 atom stereocenters. The highest BCUT2D eigenvalue weighted by molar-refractivity contribution is 6.35. The molecule has 11 heteroatoms. The van der Waals surface area contributed by atoms with E-state index in [2.05, 4.69) is 21.8 Å². The SMILES string of the molecule is CN1CCCC1COc1nc(N2CC3CCC(C2)N3C(=O)OC(C)(C)C)c2cc(Cl)c(-c3cc(O)cc4ccccc34)c(F)c2n1. The maximum Gasteiger partial charge on any atom is 0.410 e. The van der Waals surface area contributed by atoms with Crippen LogP contribution >= 0.6 is 11.6 Å². The van der Waals surface area contributed by atoms with Crippen LogP contribution in [0, 0.1) is 5.82 Å². The Kier molecular flexibility index (Phi) is 7.84. The molecule has 9 nitrogen and oxygen atoms in total. The molecule has 0 spiro atoms. The average Bonchev–Trinajstić information content (AvgIpc) is 3.53. The van der Waals surface area contributed by atoms with Crippen LogP contribution in [0.2, 0.25) is 5.02 Å². The van der Waals surface area contributed by atoms with Crippen molar-refractivity contribution in [3.63, 3.8) is 0 Å². The number of likely N-dealkylation sites (tertiary alicyclic amines) is 1. The van der Waals surface area contributed by atoms with Crippen LogP contribution in [-0.4, -0.2) is 88.0 Å². The van der Waals surface area contributed by atoms with Crippen molar-refractivity contribution >= 4 is 45.2 Å². The van der Waals surface area contributed by atoms with Crippen molar-refractivity contribution in [1.29, 1.82) is 0 Å². The molecule has 1 N–H and O–H groups in total. The minimum atomic E-state index is -0.611. The van der Waals surface area contributed by atoms with Crippen molar-refractivity contribution in [2.45, 2.75) is 70.2 Å². The number of aromatic nitrogens is 2. The molecule has 7 rings (SSSR count). The van der Waals surface area contributed by atoms with E-state index in [0.29, 0.717) is 36.5 Å². The number of nitrogens with zero attached hydrogens (tertiary/aromatic N) is 5. The van der Waals surface area contributed by atoms with E-state index in [4.69, 9.17) is 26.1 Å². The van der Waals surface area contributed by atoms with Gasteiger partial charge in [0.05, 0.1) is 17.1 Å². The number of rotatable bonds is 5. The highest BCUT2D eigenvalue weighted by Gasteiger charge is 2.45. The second kappa shape index (κ2) is 11.7. The molecular weight excluding hydrogens is 609 g/mol. The number of carbonyl (C=O) groups excluding carboxylic acids is 1. The summed E-state index contributed by atoms with van der Waals surface area (Å²) in [4.78, 5) is 28.8. The molecule has 0 radical (unpaired) electrons. The minimum absolute atomic E-state index is 0.00989. The van der Waals surface area contributed by atoms with Crippen molar-refractivity contribution < 1.29 is 23.8 Å². The normalized spacial score (nSPS) is 21.8. The Balaban J connectivity index is 1.32. The van der Waals surface area contributed by atoms with Gasteiger partial charge in [-0.15, -0.1) is 0 Å². The quantitative estimate of drug-likeness (QED) is 0.247.